The number of anilines is 1. The van der Waals surface area contributed by atoms with Crippen molar-refractivity contribution >= 4 is 29.1 Å². The van der Waals surface area contributed by atoms with Crippen LogP contribution in [0, 0.1) is 10.1 Å². The molecule has 2 heterocycles. The van der Waals surface area contributed by atoms with Crippen LogP contribution in [-0.2, 0) is 0 Å². The summed E-state index contributed by atoms with van der Waals surface area (Å²) in [5.41, 5.74) is -0.411. The van der Waals surface area contributed by atoms with Crippen molar-refractivity contribution in [1.82, 2.24) is 15.0 Å². The quantitative estimate of drug-likeness (QED) is 0.498. The largest absolute Gasteiger partial charge is 0.331 e. The summed E-state index contributed by atoms with van der Waals surface area (Å²) in [5.74, 6) is -0.422. The van der Waals surface area contributed by atoms with Crippen LogP contribution in [0.3, 0.4) is 0 Å². The molecule has 0 aliphatic carbocycles. The lowest BCUT2D eigenvalue weighted by molar-refractivity contribution is -0.385. The number of amides is 1. The zero-order valence-electron chi connectivity index (χ0n) is 8.75. The molecular formula is C9H6ClN5O3. The second kappa shape index (κ2) is 4.80. The van der Waals surface area contributed by atoms with Gasteiger partial charge >= 0.3 is 0 Å². The van der Waals surface area contributed by atoms with Crippen LogP contribution < -0.4 is 5.32 Å². The van der Waals surface area contributed by atoms with Crippen molar-refractivity contribution in [3.8, 4) is 0 Å². The van der Waals surface area contributed by atoms with E-state index in [1.54, 1.807) is 0 Å². The smallest absolute Gasteiger partial charge is 0.288 e. The standard InChI is InChI=1S/C9H6ClN5O3/c10-7-6(3-5(4-13-7)15(17)18)8(16)14-9-11-1-2-12-9/h1-4H,(H2,11,12,14,16). The fourth-order valence-corrected chi connectivity index (χ4v) is 1.39. The molecule has 9 heteroatoms. The number of aromatic amines is 1. The van der Waals surface area contributed by atoms with E-state index in [1.165, 1.54) is 12.4 Å². The molecule has 0 unspecified atom stereocenters. The van der Waals surface area contributed by atoms with E-state index in [-0.39, 0.29) is 22.4 Å². The van der Waals surface area contributed by atoms with Gasteiger partial charge in [-0.3, -0.25) is 20.2 Å². The molecule has 0 aliphatic heterocycles. The number of rotatable bonds is 3. The number of nitrogens with zero attached hydrogens (tertiary/aromatic N) is 3. The second-order valence-corrected chi connectivity index (χ2v) is 3.54. The molecule has 2 rings (SSSR count). The summed E-state index contributed by atoms with van der Waals surface area (Å²) >= 11 is 5.71. The lowest BCUT2D eigenvalue weighted by Gasteiger charge is -2.03. The monoisotopic (exact) mass is 267 g/mol. The molecule has 0 aliphatic rings. The van der Waals surface area contributed by atoms with Crippen molar-refractivity contribution in [3.05, 3.63) is 45.5 Å². The maximum atomic E-state index is 11.8. The van der Waals surface area contributed by atoms with Gasteiger partial charge < -0.3 is 4.98 Å². The molecule has 8 nitrogen and oxygen atoms in total. The van der Waals surface area contributed by atoms with Crippen LogP contribution in [0.5, 0.6) is 0 Å². The Bertz CT molecular complexity index is 598. The van der Waals surface area contributed by atoms with Crippen molar-refractivity contribution in [2.45, 2.75) is 0 Å². The molecular weight excluding hydrogens is 262 g/mol. The number of halogens is 1. The molecule has 0 saturated heterocycles. The van der Waals surface area contributed by atoms with Gasteiger partial charge in [-0.25, -0.2) is 9.97 Å². The summed E-state index contributed by atoms with van der Waals surface area (Å²) < 4.78 is 0. The average Bonchev–Trinajstić information content (AvgIpc) is 2.81. The summed E-state index contributed by atoms with van der Waals surface area (Å²) in [5, 5.41) is 12.8. The molecule has 0 fully saturated rings. The molecule has 0 saturated carbocycles. The summed E-state index contributed by atoms with van der Waals surface area (Å²) in [7, 11) is 0. The van der Waals surface area contributed by atoms with E-state index in [4.69, 9.17) is 11.6 Å². The minimum Gasteiger partial charge on any atom is -0.331 e. The predicted octanol–water partition coefficient (Wildman–Crippen LogP) is 1.62. The first-order valence-electron chi connectivity index (χ1n) is 4.68. The SMILES string of the molecule is O=C(Nc1ncc[nH]1)c1cc([N+](=O)[O-])cnc1Cl. The first kappa shape index (κ1) is 12.0. The van der Waals surface area contributed by atoms with E-state index in [0.29, 0.717) is 0 Å². The van der Waals surface area contributed by atoms with E-state index in [9.17, 15) is 14.9 Å². The first-order chi connectivity index (χ1) is 8.58. The molecule has 2 aromatic rings. The lowest BCUT2D eigenvalue weighted by atomic mass is 10.2. The van der Waals surface area contributed by atoms with Gasteiger partial charge in [0.25, 0.3) is 11.6 Å². The Morgan fingerprint density at radius 1 is 1.50 bits per heavy atom. The Kier molecular flexibility index (Phi) is 3.20. The van der Waals surface area contributed by atoms with Gasteiger partial charge in [0.1, 0.15) is 11.3 Å². The van der Waals surface area contributed by atoms with Crippen LogP contribution in [0.25, 0.3) is 0 Å². The molecule has 92 valence electrons. The first-order valence-corrected chi connectivity index (χ1v) is 5.06. The number of nitrogens with one attached hydrogen (secondary N) is 2. The Morgan fingerprint density at radius 3 is 2.89 bits per heavy atom. The van der Waals surface area contributed by atoms with Gasteiger partial charge in [0.05, 0.1) is 10.5 Å². The summed E-state index contributed by atoms with van der Waals surface area (Å²) in [6.07, 6.45) is 3.94. The topological polar surface area (TPSA) is 114 Å². The highest BCUT2D eigenvalue weighted by Gasteiger charge is 2.17. The molecule has 0 atom stereocenters. The van der Waals surface area contributed by atoms with E-state index < -0.39 is 10.8 Å². The van der Waals surface area contributed by atoms with Gasteiger partial charge in [-0.1, -0.05) is 11.6 Å². The molecule has 18 heavy (non-hydrogen) atoms. The number of pyridine rings is 1. The van der Waals surface area contributed by atoms with Gasteiger partial charge in [0.2, 0.25) is 5.95 Å². The van der Waals surface area contributed by atoms with Crippen LogP contribution in [0.1, 0.15) is 10.4 Å². The number of carbonyl (C=O) groups excluding carboxylic acids is 1. The highest BCUT2D eigenvalue weighted by molar-refractivity contribution is 6.33. The van der Waals surface area contributed by atoms with Crippen molar-refractivity contribution in [2.24, 2.45) is 0 Å². The Balaban J connectivity index is 2.29. The van der Waals surface area contributed by atoms with Crippen LogP contribution in [0.4, 0.5) is 11.6 Å². The van der Waals surface area contributed by atoms with Crippen molar-refractivity contribution < 1.29 is 9.72 Å². The van der Waals surface area contributed by atoms with Crippen LogP contribution in [0.15, 0.2) is 24.7 Å². The van der Waals surface area contributed by atoms with Crippen molar-refractivity contribution in [1.29, 1.82) is 0 Å². The summed E-state index contributed by atoms with van der Waals surface area (Å²) in [6.45, 7) is 0. The highest BCUT2D eigenvalue weighted by Crippen LogP contribution is 2.19. The zero-order valence-corrected chi connectivity index (χ0v) is 9.51. The van der Waals surface area contributed by atoms with Gasteiger partial charge in [-0.2, -0.15) is 0 Å². The lowest BCUT2D eigenvalue weighted by Crippen LogP contribution is -2.14. The predicted molar refractivity (Wildman–Crippen MR) is 62.4 cm³/mol. The van der Waals surface area contributed by atoms with E-state index >= 15 is 0 Å². The zero-order chi connectivity index (χ0) is 13.1. The van der Waals surface area contributed by atoms with Gasteiger partial charge in [-0.15, -0.1) is 0 Å². The minimum absolute atomic E-state index is 0.0951. The molecule has 0 spiro atoms. The number of nitro groups is 1. The third kappa shape index (κ3) is 2.43. The number of hydrogen-bond donors (Lipinski definition) is 2. The minimum atomic E-state index is -0.660. The van der Waals surface area contributed by atoms with Crippen LogP contribution in [-0.4, -0.2) is 25.8 Å². The van der Waals surface area contributed by atoms with Gasteiger partial charge in [0.15, 0.2) is 0 Å². The number of carbonyl (C=O) groups is 1. The normalized spacial score (nSPS) is 10.1. The second-order valence-electron chi connectivity index (χ2n) is 3.18. The summed E-state index contributed by atoms with van der Waals surface area (Å²) in [4.78, 5) is 31.7. The third-order valence-corrected chi connectivity index (χ3v) is 2.31. The Morgan fingerprint density at radius 2 is 2.28 bits per heavy atom. The van der Waals surface area contributed by atoms with Crippen LogP contribution in [0.2, 0.25) is 5.15 Å². The maximum absolute atomic E-state index is 11.8. The number of aromatic nitrogens is 3. The number of imidazole rings is 1. The molecule has 0 bridgehead atoms. The highest BCUT2D eigenvalue weighted by atomic mass is 35.5. The van der Waals surface area contributed by atoms with E-state index in [1.807, 2.05) is 0 Å². The van der Waals surface area contributed by atoms with Crippen LogP contribution >= 0.6 is 11.6 Å². The number of H-pyrrole nitrogens is 1. The van der Waals surface area contributed by atoms with E-state index in [2.05, 4.69) is 20.3 Å². The summed E-state index contributed by atoms with van der Waals surface area (Å²) in [6, 6.07) is 1.05. The average molecular weight is 268 g/mol. The van der Waals surface area contributed by atoms with Gasteiger partial charge in [-0.05, 0) is 0 Å². The van der Waals surface area contributed by atoms with Gasteiger partial charge in [0, 0.05) is 18.5 Å². The van der Waals surface area contributed by atoms with Crippen molar-refractivity contribution in [3.63, 3.8) is 0 Å². The maximum Gasteiger partial charge on any atom is 0.288 e. The molecule has 0 radical (unpaired) electrons. The van der Waals surface area contributed by atoms with Crippen molar-refractivity contribution in [2.75, 3.05) is 5.32 Å². The Labute approximate surface area is 105 Å². The fraction of sp³-hybridized carbons (Fsp3) is 0. The third-order valence-electron chi connectivity index (χ3n) is 2.01. The number of hydrogen-bond acceptors (Lipinski definition) is 5. The molecule has 2 N–H and O–H groups in total. The molecule has 2 aromatic heterocycles. The Hall–Kier alpha value is -2.48. The molecule has 1 amide bonds. The molecule has 0 aromatic carbocycles. The fourth-order valence-electron chi connectivity index (χ4n) is 1.20. The van der Waals surface area contributed by atoms with E-state index in [0.717, 1.165) is 12.3 Å².